The van der Waals surface area contributed by atoms with Gasteiger partial charge in [0.05, 0.1) is 0 Å². The molecule has 0 aromatic heterocycles. The predicted molar refractivity (Wildman–Crippen MR) is 32.1 cm³/mol. The average molecular weight is 113 g/mol. The van der Waals surface area contributed by atoms with E-state index in [0.29, 0.717) is 5.92 Å². The number of aliphatic hydroxyl groups excluding tert-OH is 1. The molecule has 0 saturated carbocycles. The smallest absolute Gasteiger partial charge is 0.126 e. The summed E-state index contributed by atoms with van der Waals surface area (Å²) < 4.78 is 0. The summed E-state index contributed by atoms with van der Waals surface area (Å²) in [5, 5.41) is 11.8. The van der Waals surface area contributed by atoms with Crippen LogP contribution in [0.3, 0.4) is 0 Å². The molecule has 0 aromatic rings. The fourth-order valence-corrected chi connectivity index (χ4v) is 0.742. The Hall–Kier alpha value is -0.500. The van der Waals surface area contributed by atoms with Crippen LogP contribution in [0.5, 0.6) is 0 Å². The highest BCUT2D eigenvalue weighted by molar-refractivity contribution is 4.89. The third kappa shape index (κ3) is 1.01. The minimum Gasteiger partial charge on any atom is -0.374 e. The molecule has 1 aliphatic rings. The minimum atomic E-state index is -0.333. The maximum Gasteiger partial charge on any atom is 0.126 e. The van der Waals surface area contributed by atoms with E-state index >= 15 is 0 Å². The van der Waals surface area contributed by atoms with E-state index in [4.69, 9.17) is 5.11 Å². The van der Waals surface area contributed by atoms with Crippen molar-refractivity contribution in [3.8, 4) is 0 Å². The van der Waals surface area contributed by atoms with Gasteiger partial charge in [-0.05, 0) is 12.6 Å². The lowest BCUT2D eigenvalue weighted by Gasteiger charge is -2.20. The Labute approximate surface area is 49.2 Å². The lowest BCUT2D eigenvalue weighted by molar-refractivity contribution is 0.0919. The highest BCUT2D eigenvalue weighted by Gasteiger charge is 2.12. The van der Waals surface area contributed by atoms with E-state index in [-0.39, 0.29) is 6.23 Å². The standard InChI is InChI=1S/C6H11NO/c1-5-3-2-4-7-6(5)8/h2,4-8H,3H2,1H3. The lowest BCUT2D eigenvalue weighted by atomic mass is 10.0. The second-order valence-electron chi connectivity index (χ2n) is 2.23. The van der Waals surface area contributed by atoms with Gasteiger partial charge in [-0.25, -0.2) is 0 Å². The number of nitrogens with one attached hydrogen (secondary N) is 1. The molecule has 0 fully saturated rings. The Bertz CT molecular complexity index is 88.7. The Balaban J connectivity index is 2.44. The van der Waals surface area contributed by atoms with Gasteiger partial charge in [0.25, 0.3) is 0 Å². The second-order valence-corrected chi connectivity index (χ2v) is 2.23. The zero-order valence-corrected chi connectivity index (χ0v) is 4.96. The van der Waals surface area contributed by atoms with Gasteiger partial charge >= 0.3 is 0 Å². The maximum atomic E-state index is 9.02. The largest absolute Gasteiger partial charge is 0.374 e. The van der Waals surface area contributed by atoms with E-state index in [1.807, 2.05) is 13.0 Å². The first-order valence-electron chi connectivity index (χ1n) is 2.90. The van der Waals surface area contributed by atoms with Crippen molar-refractivity contribution in [2.75, 3.05) is 0 Å². The van der Waals surface area contributed by atoms with Crippen molar-refractivity contribution >= 4 is 0 Å². The fraction of sp³-hybridized carbons (Fsp3) is 0.667. The quantitative estimate of drug-likeness (QED) is 0.478. The molecule has 1 aliphatic heterocycles. The van der Waals surface area contributed by atoms with E-state index in [1.165, 1.54) is 0 Å². The molecule has 2 unspecified atom stereocenters. The summed E-state index contributed by atoms with van der Waals surface area (Å²) in [5.41, 5.74) is 0. The first-order chi connectivity index (χ1) is 3.80. The summed E-state index contributed by atoms with van der Waals surface area (Å²) in [7, 11) is 0. The number of aliphatic hydroxyl groups is 1. The lowest BCUT2D eigenvalue weighted by Crippen LogP contribution is -2.33. The van der Waals surface area contributed by atoms with Crippen molar-refractivity contribution in [3.63, 3.8) is 0 Å². The van der Waals surface area contributed by atoms with E-state index in [9.17, 15) is 0 Å². The van der Waals surface area contributed by atoms with Gasteiger partial charge in [0.15, 0.2) is 0 Å². The van der Waals surface area contributed by atoms with E-state index in [2.05, 4.69) is 5.32 Å². The number of hydrogen-bond acceptors (Lipinski definition) is 2. The van der Waals surface area contributed by atoms with E-state index in [1.54, 1.807) is 6.20 Å². The number of rotatable bonds is 0. The molecule has 0 radical (unpaired) electrons. The second kappa shape index (κ2) is 2.18. The van der Waals surface area contributed by atoms with Crippen molar-refractivity contribution in [2.45, 2.75) is 19.6 Å². The molecular formula is C6H11NO. The van der Waals surface area contributed by atoms with Crippen LogP contribution in [0.1, 0.15) is 13.3 Å². The summed E-state index contributed by atoms with van der Waals surface area (Å²) >= 11 is 0. The van der Waals surface area contributed by atoms with Crippen LogP contribution in [0, 0.1) is 5.92 Å². The molecule has 2 atom stereocenters. The van der Waals surface area contributed by atoms with Gasteiger partial charge < -0.3 is 10.4 Å². The Morgan fingerprint density at radius 1 is 1.75 bits per heavy atom. The van der Waals surface area contributed by atoms with Gasteiger partial charge in [0, 0.05) is 5.92 Å². The normalized spacial score (nSPS) is 36.8. The van der Waals surface area contributed by atoms with Crippen LogP contribution in [-0.2, 0) is 0 Å². The van der Waals surface area contributed by atoms with E-state index in [0.717, 1.165) is 6.42 Å². The highest BCUT2D eigenvalue weighted by atomic mass is 16.3. The van der Waals surface area contributed by atoms with Crippen molar-refractivity contribution in [2.24, 2.45) is 5.92 Å². The SMILES string of the molecule is CC1CC=CNC1O. The van der Waals surface area contributed by atoms with Crippen LogP contribution in [0.4, 0.5) is 0 Å². The molecule has 46 valence electrons. The predicted octanol–water partition coefficient (Wildman–Crippen LogP) is 0.448. The van der Waals surface area contributed by atoms with Crippen molar-refractivity contribution in [1.82, 2.24) is 5.32 Å². The van der Waals surface area contributed by atoms with Crippen LogP contribution in [0.2, 0.25) is 0 Å². The summed E-state index contributed by atoms with van der Waals surface area (Å²) in [6, 6.07) is 0. The van der Waals surface area contributed by atoms with Gasteiger partial charge in [-0.2, -0.15) is 0 Å². The molecular weight excluding hydrogens is 102 g/mol. The fourth-order valence-electron chi connectivity index (χ4n) is 0.742. The molecule has 2 heteroatoms. The Morgan fingerprint density at radius 3 is 2.88 bits per heavy atom. The van der Waals surface area contributed by atoms with Gasteiger partial charge in [-0.1, -0.05) is 13.0 Å². The van der Waals surface area contributed by atoms with Gasteiger partial charge in [0.2, 0.25) is 0 Å². The number of allylic oxidation sites excluding steroid dienone is 1. The first kappa shape index (κ1) is 5.63. The van der Waals surface area contributed by atoms with Crippen LogP contribution in [-0.4, -0.2) is 11.3 Å². The third-order valence-corrected chi connectivity index (χ3v) is 1.43. The molecule has 1 rings (SSSR count). The molecule has 1 heterocycles. The van der Waals surface area contributed by atoms with Gasteiger partial charge in [-0.15, -0.1) is 0 Å². The monoisotopic (exact) mass is 113 g/mol. The average Bonchev–Trinajstić information content (AvgIpc) is 1.77. The highest BCUT2D eigenvalue weighted by Crippen LogP contribution is 2.09. The third-order valence-electron chi connectivity index (χ3n) is 1.43. The molecule has 0 aliphatic carbocycles. The van der Waals surface area contributed by atoms with Gasteiger partial charge in [0.1, 0.15) is 6.23 Å². The van der Waals surface area contributed by atoms with Crippen LogP contribution in [0.15, 0.2) is 12.3 Å². The molecule has 0 amide bonds. The summed E-state index contributed by atoms with van der Waals surface area (Å²) in [6.07, 6.45) is 4.47. The van der Waals surface area contributed by atoms with Crippen molar-refractivity contribution < 1.29 is 5.11 Å². The van der Waals surface area contributed by atoms with Crippen LogP contribution >= 0.6 is 0 Å². The molecule has 0 bridgehead atoms. The number of hydrogen-bond donors (Lipinski definition) is 2. The maximum absolute atomic E-state index is 9.02. The van der Waals surface area contributed by atoms with Crippen molar-refractivity contribution in [3.05, 3.63) is 12.3 Å². The Kier molecular flexibility index (Phi) is 1.53. The first-order valence-corrected chi connectivity index (χ1v) is 2.90. The van der Waals surface area contributed by atoms with Crippen LogP contribution in [0.25, 0.3) is 0 Å². The zero-order valence-electron chi connectivity index (χ0n) is 4.96. The van der Waals surface area contributed by atoms with Crippen molar-refractivity contribution in [1.29, 1.82) is 0 Å². The van der Waals surface area contributed by atoms with Gasteiger partial charge in [-0.3, -0.25) is 0 Å². The molecule has 0 saturated heterocycles. The summed E-state index contributed by atoms with van der Waals surface area (Å²) in [4.78, 5) is 0. The topological polar surface area (TPSA) is 32.3 Å². The summed E-state index contributed by atoms with van der Waals surface area (Å²) in [5.74, 6) is 0.361. The van der Waals surface area contributed by atoms with E-state index < -0.39 is 0 Å². The Morgan fingerprint density at radius 2 is 2.50 bits per heavy atom. The molecule has 0 spiro atoms. The summed E-state index contributed by atoms with van der Waals surface area (Å²) in [6.45, 7) is 2.02. The molecule has 2 N–H and O–H groups in total. The molecule has 2 nitrogen and oxygen atoms in total. The zero-order chi connectivity index (χ0) is 5.98. The minimum absolute atomic E-state index is 0.333. The van der Waals surface area contributed by atoms with Crippen LogP contribution < -0.4 is 5.32 Å². The molecule has 8 heavy (non-hydrogen) atoms. The molecule has 0 aromatic carbocycles.